The molecule has 1 unspecified atom stereocenters. The van der Waals surface area contributed by atoms with Gasteiger partial charge in [0.2, 0.25) is 0 Å². The summed E-state index contributed by atoms with van der Waals surface area (Å²) in [5, 5.41) is 0. The van der Waals surface area contributed by atoms with Crippen molar-refractivity contribution in [3.05, 3.63) is 0 Å². The Bertz CT molecular complexity index is 192. The Hall–Kier alpha value is -0.0800. The summed E-state index contributed by atoms with van der Waals surface area (Å²) in [5.41, 5.74) is 6.32. The maximum absolute atomic E-state index is 6.08. The van der Waals surface area contributed by atoms with Gasteiger partial charge in [-0.05, 0) is 44.1 Å². The van der Waals surface area contributed by atoms with Crippen LogP contribution in [0.5, 0.6) is 0 Å². The fourth-order valence-corrected chi connectivity index (χ4v) is 3.24. The molecule has 1 aliphatic carbocycles. The predicted molar refractivity (Wildman–Crippen MR) is 53.5 cm³/mol. The minimum Gasteiger partial charge on any atom is -0.372 e. The van der Waals surface area contributed by atoms with Gasteiger partial charge in [-0.15, -0.1) is 0 Å². The van der Waals surface area contributed by atoms with E-state index in [0.29, 0.717) is 11.5 Å². The van der Waals surface area contributed by atoms with Crippen molar-refractivity contribution in [2.75, 3.05) is 6.54 Å². The highest BCUT2D eigenvalue weighted by Crippen LogP contribution is 2.55. The molecule has 2 rings (SSSR count). The summed E-state index contributed by atoms with van der Waals surface area (Å²) in [5.74, 6) is 0. The molecule has 76 valence electrons. The van der Waals surface area contributed by atoms with E-state index in [4.69, 9.17) is 10.5 Å². The zero-order valence-electron chi connectivity index (χ0n) is 8.81. The van der Waals surface area contributed by atoms with E-state index in [-0.39, 0.29) is 5.60 Å². The van der Waals surface area contributed by atoms with Crippen molar-refractivity contribution in [1.82, 2.24) is 0 Å². The largest absolute Gasteiger partial charge is 0.372 e. The highest BCUT2D eigenvalue weighted by molar-refractivity contribution is 5.04. The van der Waals surface area contributed by atoms with Crippen molar-refractivity contribution in [1.29, 1.82) is 0 Å². The molecular weight excluding hydrogens is 162 g/mol. The summed E-state index contributed by atoms with van der Waals surface area (Å²) in [6.45, 7) is 5.43. The summed E-state index contributed by atoms with van der Waals surface area (Å²) in [4.78, 5) is 0. The van der Waals surface area contributed by atoms with Gasteiger partial charge in [-0.1, -0.05) is 13.8 Å². The van der Waals surface area contributed by atoms with Gasteiger partial charge >= 0.3 is 0 Å². The second-order valence-electron chi connectivity index (χ2n) is 5.56. The number of hydrogen-bond donors (Lipinski definition) is 1. The van der Waals surface area contributed by atoms with Crippen LogP contribution in [0, 0.1) is 5.41 Å². The van der Waals surface area contributed by atoms with Crippen LogP contribution < -0.4 is 5.73 Å². The lowest BCUT2D eigenvalue weighted by atomic mass is 9.60. The van der Waals surface area contributed by atoms with Gasteiger partial charge in [0.15, 0.2) is 0 Å². The van der Waals surface area contributed by atoms with E-state index in [1.165, 1.54) is 25.7 Å². The van der Waals surface area contributed by atoms with Crippen LogP contribution in [-0.4, -0.2) is 18.2 Å². The van der Waals surface area contributed by atoms with E-state index in [9.17, 15) is 0 Å². The van der Waals surface area contributed by atoms with Gasteiger partial charge in [-0.3, -0.25) is 0 Å². The molecule has 1 atom stereocenters. The Labute approximate surface area is 80.8 Å². The Morgan fingerprint density at radius 2 is 2.08 bits per heavy atom. The summed E-state index contributed by atoms with van der Waals surface area (Å²) >= 11 is 0. The molecule has 2 fully saturated rings. The van der Waals surface area contributed by atoms with Gasteiger partial charge in [-0.2, -0.15) is 0 Å². The molecule has 0 amide bonds. The molecule has 1 saturated carbocycles. The second-order valence-corrected chi connectivity index (χ2v) is 5.56. The van der Waals surface area contributed by atoms with Gasteiger partial charge in [0.25, 0.3) is 0 Å². The van der Waals surface area contributed by atoms with Crippen LogP contribution in [-0.2, 0) is 4.74 Å². The lowest BCUT2D eigenvalue weighted by Gasteiger charge is -2.50. The standard InChI is InChI=1S/C11H21NO/c1-10(2)7-11(8-10)5-3-9(13-11)4-6-12/h9H,3-8,12H2,1-2H3. The molecule has 1 heterocycles. The fraction of sp³-hybridized carbons (Fsp3) is 1.00. The number of rotatable bonds is 2. The van der Waals surface area contributed by atoms with Crippen molar-refractivity contribution < 1.29 is 4.74 Å². The van der Waals surface area contributed by atoms with Crippen LogP contribution in [0.2, 0.25) is 0 Å². The smallest absolute Gasteiger partial charge is 0.0697 e. The molecular formula is C11H21NO. The first kappa shape index (κ1) is 9.47. The van der Waals surface area contributed by atoms with Gasteiger partial charge < -0.3 is 10.5 Å². The van der Waals surface area contributed by atoms with Crippen LogP contribution in [0.3, 0.4) is 0 Å². The molecule has 0 aromatic rings. The normalized spacial score (nSPS) is 34.8. The Morgan fingerprint density at radius 1 is 1.38 bits per heavy atom. The van der Waals surface area contributed by atoms with Gasteiger partial charge in [0.05, 0.1) is 11.7 Å². The van der Waals surface area contributed by atoms with Crippen molar-refractivity contribution in [2.45, 2.75) is 57.7 Å². The van der Waals surface area contributed by atoms with E-state index >= 15 is 0 Å². The summed E-state index contributed by atoms with van der Waals surface area (Å²) < 4.78 is 6.08. The van der Waals surface area contributed by atoms with Crippen molar-refractivity contribution in [3.63, 3.8) is 0 Å². The average molecular weight is 183 g/mol. The number of ether oxygens (including phenoxy) is 1. The Kier molecular flexibility index (Phi) is 2.16. The second kappa shape index (κ2) is 2.96. The van der Waals surface area contributed by atoms with Gasteiger partial charge in [-0.25, -0.2) is 0 Å². The first-order valence-corrected chi connectivity index (χ1v) is 5.43. The van der Waals surface area contributed by atoms with Crippen LogP contribution in [0.15, 0.2) is 0 Å². The lowest BCUT2D eigenvalue weighted by molar-refractivity contribution is -0.148. The molecule has 13 heavy (non-hydrogen) atoms. The Balaban J connectivity index is 1.86. The third-order valence-electron chi connectivity index (χ3n) is 3.43. The molecule has 1 aliphatic heterocycles. The molecule has 2 nitrogen and oxygen atoms in total. The van der Waals surface area contributed by atoms with E-state index < -0.39 is 0 Å². The van der Waals surface area contributed by atoms with Crippen molar-refractivity contribution in [3.8, 4) is 0 Å². The topological polar surface area (TPSA) is 35.2 Å². The number of hydrogen-bond acceptors (Lipinski definition) is 2. The molecule has 0 aromatic carbocycles. The predicted octanol–water partition coefficient (Wildman–Crippen LogP) is 2.07. The van der Waals surface area contributed by atoms with Crippen LogP contribution in [0.4, 0.5) is 0 Å². The minimum absolute atomic E-state index is 0.267. The third kappa shape index (κ3) is 1.75. The highest BCUT2D eigenvalue weighted by atomic mass is 16.5. The van der Waals surface area contributed by atoms with E-state index in [0.717, 1.165) is 13.0 Å². The maximum atomic E-state index is 6.08. The van der Waals surface area contributed by atoms with E-state index in [1.807, 2.05) is 0 Å². The lowest BCUT2D eigenvalue weighted by Crippen LogP contribution is -2.48. The van der Waals surface area contributed by atoms with E-state index in [1.54, 1.807) is 0 Å². The average Bonchev–Trinajstić information content (AvgIpc) is 2.31. The molecule has 1 spiro atoms. The quantitative estimate of drug-likeness (QED) is 0.711. The van der Waals surface area contributed by atoms with Gasteiger partial charge in [0.1, 0.15) is 0 Å². The fourth-order valence-electron chi connectivity index (χ4n) is 3.24. The molecule has 0 aromatic heterocycles. The SMILES string of the molecule is CC1(C)CC2(CCC(CCN)O2)C1. The molecule has 2 N–H and O–H groups in total. The molecule has 0 bridgehead atoms. The first-order chi connectivity index (χ1) is 6.05. The zero-order chi connectivity index (χ0) is 9.53. The first-order valence-electron chi connectivity index (χ1n) is 5.43. The summed E-state index contributed by atoms with van der Waals surface area (Å²) in [7, 11) is 0. The monoisotopic (exact) mass is 183 g/mol. The summed E-state index contributed by atoms with van der Waals surface area (Å²) in [6.07, 6.45) is 6.50. The zero-order valence-corrected chi connectivity index (χ0v) is 8.81. The third-order valence-corrected chi connectivity index (χ3v) is 3.43. The molecule has 1 saturated heterocycles. The van der Waals surface area contributed by atoms with Gasteiger partial charge in [0, 0.05) is 0 Å². The molecule has 0 radical (unpaired) electrons. The van der Waals surface area contributed by atoms with Crippen molar-refractivity contribution in [2.24, 2.45) is 11.1 Å². The molecule has 2 heteroatoms. The maximum Gasteiger partial charge on any atom is 0.0697 e. The summed E-state index contributed by atoms with van der Waals surface area (Å²) in [6, 6.07) is 0. The van der Waals surface area contributed by atoms with Crippen molar-refractivity contribution >= 4 is 0 Å². The number of nitrogens with two attached hydrogens (primary N) is 1. The van der Waals surface area contributed by atoms with Crippen LogP contribution >= 0.6 is 0 Å². The van der Waals surface area contributed by atoms with Crippen LogP contribution in [0.25, 0.3) is 0 Å². The van der Waals surface area contributed by atoms with Crippen LogP contribution in [0.1, 0.15) is 46.0 Å². The molecule has 2 aliphatic rings. The highest BCUT2D eigenvalue weighted by Gasteiger charge is 2.53. The minimum atomic E-state index is 0.267. The van der Waals surface area contributed by atoms with E-state index in [2.05, 4.69) is 13.8 Å². The Morgan fingerprint density at radius 3 is 2.62 bits per heavy atom.